The molecular formula is C21H21ClN6O2. The number of carbonyl (C=O) groups is 1. The zero-order valence-electron chi connectivity index (χ0n) is 16.8. The van der Waals surface area contributed by atoms with Crippen LogP contribution in [0.4, 0.5) is 5.82 Å². The van der Waals surface area contributed by atoms with Crippen LogP contribution in [0.2, 0.25) is 5.02 Å². The number of ether oxygens (including phenoxy) is 1. The topological polar surface area (TPSA) is 86.8 Å². The van der Waals surface area contributed by atoms with E-state index in [1.165, 1.54) is 6.20 Å². The van der Waals surface area contributed by atoms with Crippen LogP contribution in [-0.2, 0) is 4.79 Å². The van der Waals surface area contributed by atoms with Gasteiger partial charge in [-0.05, 0) is 19.1 Å². The second-order valence-corrected chi connectivity index (χ2v) is 7.42. The van der Waals surface area contributed by atoms with E-state index < -0.39 is 0 Å². The zero-order valence-corrected chi connectivity index (χ0v) is 17.6. The van der Waals surface area contributed by atoms with Crippen molar-refractivity contribution < 1.29 is 9.53 Å². The van der Waals surface area contributed by atoms with Crippen LogP contribution in [-0.4, -0.2) is 58.2 Å². The van der Waals surface area contributed by atoms with Crippen molar-refractivity contribution in [2.24, 2.45) is 0 Å². The molecule has 9 heteroatoms. The molecule has 1 aliphatic heterocycles. The van der Waals surface area contributed by atoms with Gasteiger partial charge in [0.2, 0.25) is 5.91 Å². The van der Waals surface area contributed by atoms with Gasteiger partial charge in [0.1, 0.15) is 17.6 Å². The van der Waals surface area contributed by atoms with Gasteiger partial charge < -0.3 is 14.5 Å². The van der Waals surface area contributed by atoms with Crippen molar-refractivity contribution in [2.75, 3.05) is 37.7 Å². The molecule has 3 aromatic rings. The highest BCUT2D eigenvalue weighted by atomic mass is 35.5. The molecule has 4 heterocycles. The van der Waals surface area contributed by atoms with Gasteiger partial charge in [-0.25, -0.2) is 9.50 Å². The number of anilines is 1. The Morgan fingerprint density at radius 3 is 2.67 bits per heavy atom. The smallest absolute Gasteiger partial charge is 0.219 e. The van der Waals surface area contributed by atoms with Crippen LogP contribution in [0.5, 0.6) is 5.75 Å². The molecule has 1 amide bonds. The van der Waals surface area contributed by atoms with Gasteiger partial charge in [-0.3, -0.25) is 4.79 Å². The summed E-state index contributed by atoms with van der Waals surface area (Å²) in [7, 11) is 0. The van der Waals surface area contributed by atoms with E-state index in [-0.39, 0.29) is 5.91 Å². The van der Waals surface area contributed by atoms with E-state index in [2.05, 4.69) is 21.1 Å². The SMILES string of the molecule is CCOc1cc(-c2cnc(N3CCN(C(C)=O)CC3)c(Cl)c2)c2c(C#N)cnn2c1. The number of carbonyl (C=O) groups excluding carboxylic acids is 1. The van der Waals surface area contributed by atoms with E-state index in [4.69, 9.17) is 16.3 Å². The molecule has 4 rings (SSSR count). The molecule has 0 aromatic carbocycles. The van der Waals surface area contributed by atoms with Crippen LogP contribution in [0.1, 0.15) is 19.4 Å². The molecule has 0 atom stereocenters. The number of nitrogens with zero attached hydrogens (tertiary/aromatic N) is 6. The number of hydrogen-bond donors (Lipinski definition) is 0. The van der Waals surface area contributed by atoms with Crippen molar-refractivity contribution >= 4 is 28.8 Å². The van der Waals surface area contributed by atoms with Crippen molar-refractivity contribution in [3.05, 3.63) is 41.3 Å². The van der Waals surface area contributed by atoms with E-state index in [1.807, 2.05) is 24.0 Å². The summed E-state index contributed by atoms with van der Waals surface area (Å²) >= 11 is 6.61. The number of rotatable bonds is 4. The molecule has 0 saturated carbocycles. The highest BCUT2D eigenvalue weighted by Gasteiger charge is 2.22. The molecule has 30 heavy (non-hydrogen) atoms. The lowest BCUT2D eigenvalue weighted by Gasteiger charge is -2.35. The molecule has 0 aliphatic carbocycles. The summed E-state index contributed by atoms with van der Waals surface area (Å²) in [6, 6.07) is 5.91. The van der Waals surface area contributed by atoms with Gasteiger partial charge in [0.05, 0.1) is 35.1 Å². The number of halogens is 1. The van der Waals surface area contributed by atoms with E-state index >= 15 is 0 Å². The molecule has 8 nitrogen and oxygen atoms in total. The first-order valence-corrected chi connectivity index (χ1v) is 10.1. The Labute approximate surface area is 179 Å². The average Bonchev–Trinajstić information content (AvgIpc) is 3.16. The fourth-order valence-electron chi connectivity index (χ4n) is 3.69. The van der Waals surface area contributed by atoms with Crippen molar-refractivity contribution in [3.8, 4) is 22.9 Å². The van der Waals surface area contributed by atoms with Crippen molar-refractivity contribution in [2.45, 2.75) is 13.8 Å². The van der Waals surface area contributed by atoms with Gasteiger partial charge in [-0.2, -0.15) is 10.4 Å². The summed E-state index contributed by atoms with van der Waals surface area (Å²) < 4.78 is 7.30. The highest BCUT2D eigenvalue weighted by molar-refractivity contribution is 6.33. The Morgan fingerprint density at radius 1 is 1.27 bits per heavy atom. The van der Waals surface area contributed by atoms with Crippen molar-refractivity contribution in [3.63, 3.8) is 0 Å². The number of aromatic nitrogens is 3. The lowest BCUT2D eigenvalue weighted by atomic mass is 10.1. The van der Waals surface area contributed by atoms with Crippen molar-refractivity contribution in [1.29, 1.82) is 5.26 Å². The first-order valence-electron chi connectivity index (χ1n) is 9.72. The fourth-order valence-corrected chi connectivity index (χ4v) is 3.97. The van der Waals surface area contributed by atoms with E-state index in [0.29, 0.717) is 60.5 Å². The largest absolute Gasteiger partial charge is 0.492 e. The predicted molar refractivity (Wildman–Crippen MR) is 114 cm³/mol. The Morgan fingerprint density at radius 2 is 2.03 bits per heavy atom. The molecule has 0 bridgehead atoms. The number of hydrogen-bond acceptors (Lipinski definition) is 6. The summed E-state index contributed by atoms with van der Waals surface area (Å²) in [5.74, 6) is 1.42. The molecule has 0 unspecified atom stereocenters. The van der Waals surface area contributed by atoms with E-state index in [9.17, 15) is 10.1 Å². The maximum Gasteiger partial charge on any atom is 0.219 e. The van der Waals surface area contributed by atoms with E-state index in [0.717, 1.165) is 11.1 Å². The molecule has 3 aromatic heterocycles. The predicted octanol–water partition coefficient (Wildman–Crippen LogP) is 2.99. The van der Waals surface area contributed by atoms with Crippen LogP contribution < -0.4 is 9.64 Å². The number of pyridine rings is 2. The first kappa shape index (κ1) is 20.0. The molecule has 1 aliphatic rings. The normalized spacial score (nSPS) is 14.1. The van der Waals surface area contributed by atoms with Crippen LogP contribution in [0.25, 0.3) is 16.6 Å². The molecule has 1 saturated heterocycles. The third-order valence-electron chi connectivity index (χ3n) is 5.18. The Kier molecular flexibility index (Phi) is 5.46. The lowest BCUT2D eigenvalue weighted by Crippen LogP contribution is -2.48. The second kappa shape index (κ2) is 8.20. The lowest BCUT2D eigenvalue weighted by molar-refractivity contribution is -0.129. The van der Waals surface area contributed by atoms with Crippen LogP contribution >= 0.6 is 11.6 Å². The monoisotopic (exact) mass is 424 g/mol. The molecular weight excluding hydrogens is 404 g/mol. The molecule has 0 N–H and O–H groups in total. The summed E-state index contributed by atoms with van der Waals surface area (Å²) in [5, 5.41) is 14.3. The van der Waals surface area contributed by atoms with Gasteiger partial charge in [0.15, 0.2) is 0 Å². The first-order chi connectivity index (χ1) is 14.5. The minimum atomic E-state index is 0.0800. The molecule has 154 valence electrons. The quantitative estimate of drug-likeness (QED) is 0.639. The van der Waals surface area contributed by atoms with Gasteiger partial charge >= 0.3 is 0 Å². The standard InChI is InChI=1S/C21H21ClN6O2/c1-3-30-17-9-18(20-16(10-23)12-25-28(20)13-17)15-8-19(22)21(24-11-15)27-6-4-26(5-7-27)14(2)29/h8-9,11-13H,3-7H2,1-2H3. The Bertz CT molecular complexity index is 1140. The van der Waals surface area contributed by atoms with Crippen molar-refractivity contribution in [1.82, 2.24) is 19.5 Å². The summed E-state index contributed by atoms with van der Waals surface area (Å²) in [5.41, 5.74) is 2.70. The zero-order chi connectivity index (χ0) is 21.3. The second-order valence-electron chi connectivity index (χ2n) is 7.01. The maximum absolute atomic E-state index is 11.5. The van der Waals surface area contributed by atoms with Gasteiger partial charge in [0, 0.05) is 50.4 Å². The van der Waals surface area contributed by atoms with Gasteiger partial charge in [-0.1, -0.05) is 11.6 Å². The van der Waals surface area contributed by atoms with Crippen LogP contribution in [0.15, 0.2) is 30.7 Å². The summed E-state index contributed by atoms with van der Waals surface area (Å²) in [6.45, 7) is 6.65. The fraction of sp³-hybridized carbons (Fsp3) is 0.333. The number of piperazine rings is 1. The maximum atomic E-state index is 11.5. The minimum absolute atomic E-state index is 0.0800. The highest BCUT2D eigenvalue weighted by Crippen LogP contribution is 2.34. The number of amides is 1. The molecule has 1 fully saturated rings. The van der Waals surface area contributed by atoms with Crippen LogP contribution in [0, 0.1) is 11.3 Å². The van der Waals surface area contributed by atoms with Gasteiger partial charge in [0.25, 0.3) is 0 Å². The third kappa shape index (κ3) is 3.64. The average molecular weight is 425 g/mol. The van der Waals surface area contributed by atoms with Gasteiger partial charge in [-0.15, -0.1) is 0 Å². The molecule has 0 radical (unpaired) electrons. The Hall–Kier alpha value is -3.31. The number of nitriles is 1. The number of fused-ring (bicyclic) bond motifs is 1. The Balaban J connectivity index is 1.71. The summed E-state index contributed by atoms with van der Waals surface area (Å²) in [4.78, 5) is 20.1. The minimum Gasteiger partial charge on any atom is -0.492 e. The summed E-state index contributed by atoms with van der Waals surface area (Å²) in [6.07, 6.45) is 5.03. The third-order valence-corrected chi connectivity index (χ3v) is 5.45. The molecule has 0 spiro atoms. The van der Waals surface area contributed by atoms with E-state index in [1.54, 1.807) is 23.8 Å². The van der Waals surface area contributed by atoms with Crippen LogP contribution in [0.3, 0.4) is 0 Å².